The van der Waals surface area contributed by atoms with E-state index in [9.17, 15) is 14.7 Å². The number of carbonyl (C=O) groups is 2. The molecule has 5 aliphatic rings. The molecule has 4 fully saturated rings. The highest BCUT2D eigenvalue weighted by Crippen LogP contribution is 2.70. The molecule has 0 aliphatic heterocycles. The summed E-state index contributed by atoms with van der Waals surface area (Å²) >= 11 is 0. The van der Waals surface area contributed by atoms with Crippen molar-refractivity contribution in [1.82, 2.24) is 0 Å². The van der Waals surface area contributed by atoms with Crippen LogP contribution in [-0.4, -0.2) is 36.4 Å². The average molecular weight is 585 g/mol. The maximum atomic E-state index is 12.9. The van der Waals surface area contributed by atoms with E-state index in [4.69, 9.17) is 9.47 Å². The summed E-state index contributed by atoms with van der Waals surface area (Å²) in [5.74, 6) is 1.12. The number of hydrogen-bond acceptors (Lipinski definition) is 4. The van der Waals surface area contributed by atoms with Gasteiger partial charge in [-0.2, -0.15) is 0 Å². The molecule has 4 saturated carbocycles. The van der Waals surface area contributed by atoms with Crippen molar-refractivity contribution in [2.75, 3.05) is 7.11 Å². The smallest absolute Gasteiger partial charge is 0.309 e. The van der Waals surface area contributed by atoms with Gasteiger partial charge in [0, 0.05) is 12.5 Å². The molecule has 0 heterocycles. The minimum Gasteiger partial charge on any atom is -0.481 e. The maximum absolute atomic E-state index is 12.9. The fourth-order valence-electron chi connectivity index (χ4n) is 12.2. The normalized spacial score (nSPS) is 44.3. The first-order chi connectivity index (χ1) is 19.3. The van der Waals surface area contributed by atoms with Crippen LogP contribution in [0, 0.1) is 56.2 Å². The lowest BCUT2D eigenvalue weighted by molar-refractivity contribution is -0.179. The van der Waals surface area contributed by atoms with Crippen molar-refractivity contribution in [3.05, 3.63) is 11.6 Å². The molecule has 0 amide bonds. The molecule has 5 aliphatic carbocycles. The molecule has 0 saturated heterocycles. The Hall–Kier alpha value is -1.36. The van der Waals surface area contributed by atoms with Crippen LogP contribution in [0.4, 0.5) is 0 Å². The number of rotatable bonds is 5. The van der Waals surface area contributed by atoms with Crippen LogP contribution in [0.15, 0.2) is 11.6 Å². The lowest BCUT2D eigenvalue weighted by atomic mass is 9.42. The summed E-state index contributed by atoms with van der Waals surface area (Å²) in [6, 6.07) is 0. The second-order valence-corrected chi connectivity index (χ2v) is 18.0. The van der Waals surface area contributed by atoms with Crippen molar-refractivity contribution in [2.24, 2.45) is 56.2 Å². The highest BCUT2D eigenvalue weighted by atomic mass is 16.5. The van der Waals surface area contributed by atoms with Crippen molar-refractivity contribution in [3.8, 4) is 0 Å². The molecule has 0 radical (unpaired) electrons. The molecule has 0 bridgehead atoms. The van der Waals surface area contributed by atoms with Crippen LogP contribution in [0.2, 0.25) is 0 Å². The monoisotopic (exact) mass is 584 g/mol. The first-order valence-electron chi connectivity index (χ1n) is 17.0. The molecule has 0 unspecified atom stereocenters. The second-order valence-electron chi connectivity index (χ2n) is 18.0. The molecule has 42 heavy (non-hydrogen) atoms. The van der Waals surface area contributed by atoms with Gasteiger partial charge in [0.1, 0.15) is 6.10 Å². The van der Waals surface area contributed by atoms with Gasteiger partial charge in [0.25, 0.3) is 0 Å². The third kappa shape index (κ3) is 4.81. The largest absolute Gasteiger partial charge is 0.481 e. The molecular weight excluding hydrogens is 524 g/mol. The predicted octanol–water partition coefficient (Wildman–Crippen LogP) is 8.85. The number of fused-ring (bicyclic) bond motifs is 6. The SMILES string of the molecule is CO[C@@H]1CC[C@@]2(C)[C@@H](CC[C@@]3(C)CC4=CC[C@H]5C(C)(C)[C@H](OC(=O)CC(C)(C)C(=O)O)CC[C@]5(C)[C@H]4CC[C@@H]32)C1(C)C. The number of esters is 1. The predicted molar refractivity (Wildman–Crippen MR) is 167 cm³/mol. The topological polar surface area (TPSA) is 72.8 Å². The summed E-state index contributed by atoms with van der Waals surface area (Å²) in [6.07, 6.45) is 14.6. The molecule has 238 valence electrons. The molecule has 5 rings (SSSR count). The third-order valence-electron chi connectivity index (χ3n) is 14.5. The molecule has 1 N–H and O–H groups in total. The van der Waals surface area contributed by atoms with Crippen molar-refractivity contribution in [3.63, 3.8) is 0 Å². The standard InChI is InChI=1S/C37H60O5/c1-32(2,31(39)40)22-30(38)42-29-17-19-36(8)24-12-14-27-35(7,21-23(24)11-13-25(36)34(29,5)6)18-15-26-33(3,4)28(41-10)16-20-37(26,27)9/h11,24-29H,12-22H2,1-10H3,(H,39,40)/t24-,25-,26-,27-,28+,29+,35-,36+,37-/m0/s1. The first kappa shape index (κ1) is 32.0. The Morgan fingerprint density at radius 2 is 1.45 bits per heavy atom. The van der Waals surface area contributed by atoms with Gasteiger partial charge in [-0.3, -0.25) is 9.59 Å². The summed E-state index contributed by atoms with van der Waals surface area (Å²) in [5, 5.41) is 9.52. The molecule has 5 nitrogen and oxygen atoms in total. The van der Waals surface area contributed by atoms with E-state index < -0.39 is 11.4 Å². The number of methoxy groups -OCH3 is 1. The fraction of sp³-hybridized carbons (Fsp3) is 0.892. The van der Waals surface area contributed by atoms with E-state index in [0.29, 0.717) is 34.7 Å². The van der Waals surface area contributed by atoms with Gasteiger partial charge in [-0.25, -0.2) is 0 Å². The van der Waals surface area contributed by atoms with E-state index >= 15 is 0 Å². The van der Waals surface area contributed by atoms with Crippen LogP contribution in [0.1, 0.15) is 133 Å². The zero-order valence-electron chi connectivity index (χ0n) is 28.4. The minimum absolute atomic E-state index is 0.0921. The van der Waals surface area contributed by atoms with Crippen LogP contribution in [0.5, 0.6) is 0 Å². The van der Waals surface area contributed by atoms with Gasteiger partial charge >= 0.3 is 11.9 Å². The van der Waals surface area contributed by atoms with Crippen LogP contribution >= 0.6 is 0 Å². The average Bonchev–Trinajstić information content (AvgIpc) is 3.02. The van der Waals surface area contributed by atoms with E-state index in [0.717, 1.165) is 25.2 Å². The van der Waals surface area contributed by atoms with E-state index in [1.165, 1.54) is 44.9 Å². The number of carboxylic acid groups (broad SMARTS) is 1. The lowest BCUT2D eigenvalue weighted by Crippen LogP contribution is -2.58. The number of ether oxygens (including phenoxy) is 2. The summed E-state index contributed by atoms with van der Waals surface area (Å²) in [4.78, 5) is 24.6. The highest BCUT2D eigenvalue weighted by molar-refractivity contribution is 5.81. The summed E-state index contributed by atoms with van der Waals surface area (Å²) in [6.45, 7) is 20.6. The number of hydrogen-bond donors (Lipinski definition) is 1. The number of carboxylic acids is 1. The quantitative estimate of drug-likeness (QED) is 0.258. The first-order valence-corrected chi connectivity index (χ1v) is 17.0. The van der Waals surface area contributed by atoms with Gasteiger partial charge in [0.2, 0.25) is 0 Å². The lowest BCUT2D eigenvalue weighted by Gasteiger charge is -2.64. The number of allylic oxidation sites excluding steroid dienone is 2. The summed E-state index contributed by atoms with van der Waals surface area (Å²) in [5.41, 5.74) is 1.54. The summed E-state index contributed by atoms with van der Waals surface area (Å²) < 4.78 is 12.2. The molecule has 0 spiro atoms. The van der Waals surface area contributed by atoms with Crippen molar-refractivity contribution >= 4 is 11.9 Å². The van der Waals surface area contributed by atoms with Gasteiger partial charge < -0.3 is 14.6 Å². The zero-order valence-corrected chi connectivity index (χ0v) is 28.4. The Morgan fingerprint density at radius 3 is 2.10 bits per heavy atom. The van der Waals surface area contributed by atoms with Gasteiger partial charge in [0.05, 0.1) is 17.9 Å². The molecular formula is C37H60O5. The minimum atomic E-state index is -1.12. The second kappa shape index (κ2) is 10.3. The van der Waals surface area contributed by atoms with E-state index in [-0.39, 0.29) is 34.7 Å². The van der Waals surface area contributed by atoms with Crippen molar-refractivity contribution in [1.29, 1.82) is 0 Å². The Morgan fingerprint density at radius 1 is 0.833 bits per heavy atom. The van der Waals surface area contributed by atoms with Crippen molar-refractivity contribution < 1.29 is 24.2 Å². The van der Waals surface area contributed by atoms with Gasteiger partial charge in [0.15, 0.2) is 0 Å². The Labute approximate surface area is 256 Å². The van der Waals surface area contributed by atoms with Gasteiger partial charge in [-0.05, 0) is 123 Å². The molecule has 9 atom stereocenters. The van der Waals surface area contributed by atoms with Crippen LogP contribution < -0.4 is 0 Å². The van der Waals surface area contributed by atoms with E-state index in [1.54, 1.807) is 19.4 Å². The maximum Gasteiger partial charge on any atom is 0.309 e. The Kier molecular flexibility index (Phi) is 7.89. The highest BCUT2D eigenvalue weighted by Gasteiger charge is 2.63. The van der Waals surface area contributed by atoms with E-state index in [1.807, 2.05) is 7.11 Å². The Balaban J connectivity index is 1.38. The van der Waals surface area contributed by atoms with Crippen molar-refractivity contribution in [2.45, 2.75) is 145 Å². The molecule has 0 aromatic carbocycles. The fourth-order valence-corrected chi connectivity index (χ4v) is 12.2. The molecule has 5 heteroatoms. The van der Waals surface area contributed by atoms with Crippen LogP contribution in [0.3, 0.4) is 0 Å². The van der Waals surface area contributed by atoms with E-state index in [2.05, 4.69) is 54.5 Å². The third-order valence-corrected chi connectivity index (χ3v) is 14.5. The molecule has 0 aromatic heterocycles. The zero-order chi connectivity index (χ0) is 31.1. The van der Waals surface area contributed by atoms with Gasteiger partial charge in [-0.15, -0.1) is 0 Å². The van der Waals surface area contributed by atoms with Gasteiger partial charge in [-0.1, -0.05) is 60.1 Å². The summed E-state index contributed by atoms with van der Waals surface area (Å²) in [7, 11) is 1.91. The molecule has 0 aromatic rings. The number of carbonyl (C=O) groups excluding carboxylic acids is 1. The van der Waals surface area contributed by atoms with Crippen LogP contribution in [0.25, 0.3) is 0 Å². The van der Waals surface area contributed by atoms with Crippen LogP contribution in [-0.2, 0) is 19.1 Å². The number of aliphatic carboxylic acids is 1. The Bertz CT molecular complexity index is 1120.